The summed E-state index contributed by atoms with van der Waals surface area (Å²) in [6.07, 6.45) is 4.29. The summed E-state index contributed by atoms with van der Waals surface area (Å²) >= 11 is 1.34. The normalized spacial score (nSPS) is 14.9. The first-order valence-corrected chi connectivity index (χ1v) is 14.1. The molecule has 8 nitrogen and oxygen atoms in total. The molecule has 38 heavy (non-hydrogen) atoms. The van der Waals surface area contributed by atoms with Gasteiger partial charge in [-0.15, -0.1) is 11.3 Å². The van der Waals surface area contributed by atoms with Crippen LogP contribution in [0.15, 0.2) is 30.3 Å². The molecule has 0 spiro atoms. The number of benzene rings is 1. The van der Waals surface area contributed by atoms with E-state index in [2.05, 4.69) is 0 Å². The number of thiophene rings is 1. The molecule has 0 saturated heterocycles. The largest absolute Gasteiger partial charge is 0.461 e. The van der Waals surface area contributed by atoms with E-state index >= 15 is 0 Å². The Bertz CT molecular complexity index is 1110. The van der Waals surface area contributed by atoms with Gasteiger partial charge >= 0.3 is 12.1 Å². The quantitative estimate of drug-likeness (QED) is 0.373. The average Bonchev–Trinajstić information content (AvgIpc) is 3.45. The number of ether oxygens (including phenoxy) is 2. The standard InChI is InChI=1S/C29H41N3O5S/c1-18(2)14-24(27(34)36-21-8-6-7-9-21)32(28(35)37-29(3,4)5)17-20-12-10-19(11-13-20)15-22-16-23(25(30)33)26(31)38-22/h10-13,16,18,21,24H,6-9,14-15,17,31H2,1-5H3,(H2,30,33). The predicted molar refractivity (Wildman–Crippen MR) is 150 cm³/mol. The molecule has 3 rings (SSSR count). The minimum atomic E-state index is -0.744. The van der Waals surface area contributed by atoms with Crippen molar-refractivity contribution in [1.82, 2.24) is 4.90 Å². The van der Waals surface area contributed by atoms with Gasteiger partial charge in [0.15, 0.2) is 0 Å². The molecule has 2 amide bonds. The smallest absolute Gasteiger partial charge is 0.411 e. The number of carbonyl (C=O) groups is 3. The molecule has 1 aliphatic carbocycles. The Morgan fingerprint density at radius 2 is 1.68 bits per heavy atom. The van der Waals surface area contributed by atoms with Gasteiger partial charge < -0.3 is 20.9 Å². The van der Waals surface area contributed by atoms with E-state index in [1.165, 1.54) is 16.2 Å². The molecule has 0 bridgehead atoms. The SMILES string of the molecule is CC(C)CC(C(=O)OC1CCCC1)N(Cc1ccc(Cc2cc(C(N)=O)c(N)s2)cc1)C(=O)OC(C)(C)C. The number of nitrogens with zero attached hydrogens (tertiary/aromatic N) is 1. The van der Waals surface area contributed by atoms with E-state index in [0.717, 1.165) is 41.7 Å². The van der Waals surface area contributed by atoms with Crippen LogP contribution in [0.1, 0.15) is 93.1 Å². The first-order valence-electron chi connectivity index (χ1n) is 13.3. The Morgan fingerprint density at radius 1 is 1.08 bits per heavy atom. The zero-order valence-corrected chi connectivity index (χ0v) is 23.9. The molecule has 1 heterocycles. The highest BCUT2D eigenvalue weighted by Crippen LogP contribution is 2.28. The number of rotatable bonds is 10. The lowest BCUT2D eigenvalue weighted by Crippen LogP contribution is -2.48. The Balaban J connectivity index is 1.81. The lowest BCUT2D eigenvalue weighted by atomic mass is 10.0. The summed E-state index contributed by atoms with van der Waals surface area (Å²) in [6, 6.07) is 8.80. The van der Waals surface area contributed by atoms with Crippen molar-refractivity contribution in [3.63, 3.8) is 0 Å². The monoisotopic (exact) mass is 543 g/mol. The third kappa shape index (κ3) is 8.48. The highest BCUT2D eigenvalue weighted by molar-refractivity contribution is 7.16. The average molecular weight is 544 g/mol. The number of esters is 1. The van der Waals surface area contributed by atoms with Crippen molar-refractivity contribution < 1.29 is 23.9 Å². The van der Waals surface area contributed by atoms with E-state index < -0.39 is 23.6 Å². The molecule has 1 aromatic carbocycles. The maximum absolute atomic E-state index is 13.4. The van der Waals surface area contributed by atoms with Crippen molar-refractivity contribution in [1.29, 1.82) is 0 Å². The number of amides is 2. The van der Waals surface area contributed by atoms with Crippen molar-refractivity contribution in [2.75, 3.05) is 5.73 Å². The number of carbonyl (C=O) groups excluding carboxylic acids is 3. The van der Waals surface area contributed by atoms with Crippen LogP contribution in [0, 0.1) is 5.92 Å². The summed E-state index contributed by atoms with van der Waals surface area (Å²) in [7, 11) is 0. The highest BCUT2D eigenvalue weighted by atomic mass is 32.1. The van der Waals surface area contributed by atoms with E-state index in [4.69, 9.17) is 20.9 Å². The summed E-state index contributed by atoms with van der Waals surface area (Å²) in [5, 5.41) is 0.415. The van der Waals surface area contributed by atoms with E-state index in [0.29, 0.717) is 23.4 Å². The Kier molecular flexibility index (Phi) is 9.82. The fourth-order valence-corrected chi connectivity index (χ4v) is 5.53. The van der Waals surface area contributed by atoms with Crippen LogP contribution in [0.2, 0.25) is 0 Å². The molecule has 1 aliphatic rings. The van der Waals surface area contributed by atoms with Gasteiger partial charge in [-0.2, -0.15) is 0 Å². The topological polar surface area (TPSA) is 125 Å². The van der Waals surface area contributed by atoms with Gasteiger partial charge in [-0.05, 0) is 76.0 Å². The molecule has 1 saturated carbocycles. The third-order valence-electron chi connectivity index (χ3n) is 6.39. The molecule has 208 valence electrons. The summed E-state index contributed by atoms with van der Waals surface area (Å²) in [5.41, 5.74) is 12.8. The first-order chi connectivity index (χ1) is 17.8. The zero-order valence-electron chi connectivity index (χ0n) is 23.1. The number of hydrogen-bond acceptors (Lipinski definition) is 7. The van der Waals surface area contributed by atoms with Gasteiger partial charge in [-0.3, -0.25) is 9.69 Å². The van der Waals surface area contributed by atoms with Gasteiger partial charge in [0.05, 0.1) is 10.6 Å². The van der Waals surface area contributed by atoms with Crippen LogP contribution in [0.4, 0.5) is 9.80 Å². The number of hydrogen-bond donors (Lipinski definition) is 2. The van der Waals surface area contributed by atoms with Crippen LogP contribution in [-0.4, -0.2) is 40.6 Å². The Labute approximate surface area is 229 Å². The lowest BCUT2D eigenvalue weighted by Gasteiger charge is -2.34. The van der Waals surface area contributed by atoms with Crippen LogP contribution in [0.3, 0.4) is 0 Å². The number of nitrogens with two attached hydrogens (primary N) is 2. The Morgan fingerprint density at radius 3 is 2.21 bits per heavy atom. The number of primary amides is 1. The van der Waals surface area contributed by atoms with Crippen molar-refractivity contribution in [2.24, 2.45) is 11.7 Å². The molecule has 4 N–H and O–H groups in total. The number of anilines is 1. The second kappa shape index (κ2) is 12.7. The van der Waals surface area contributed by atoms with Gasteiger partial charge in [0.2, 0.25) is 0 Å². The molecular weight excluding hydrogens is 502 g/mol. The van der Waals surface area contributed by atoms with Crippen LogP contribution >= 0.6 is 11.3 Å². The molecular formula is C29H41N3O5S. The van der Waals surface area contributed by atoms with Crippen molar-refractivity contribution >= 4 is 34.3 Å². The molecule has 0 radical (unpaired) electrons. The maximum Gasteiger partial charge on any atom is 0.411 e. The van der Waals surface area contributed by atoms with Crippen LogP contribution < -0.4 is 11.5 Å². The van der Waals surface area contributed by atoms with Crippen molar-refractivity contribution in [3.05, 3.63) is 51.9 Å². The van der Waals surface area contributed by atoms with Crippen molar-refractivity contribution in [3.8, 4) is 0 Å². The van der Waals surface area contributed by atoms with Gasteiger partial charge in [-0.1, -0.05) is 38.1 Å². The molecule has 1 atom stereocenters. The highest BCUT2D eigenvalue weighted by Gasteiger charge is 2.36. The van der Waals surface area contributed by atoms with Gasteiger partial charge in [0.25, 0.3) is 5.91 Å². The van der Waals surface area contributed by atoms with Crippen LogP contribution in [0.5, 0.6) is 0 Å². The van der Waals surface area contributed by atoms with E-state index in [1.54, 1.807) is 6.07 Å². The summed E-state index contributed by atoms with van der Waals surface area (Å²) < 4.78 is 11.6. The number of nitrogen functional groups attached to an aromatic ring is 1. The molecule has 2 aromatic rings. The molecule has 1 aromatic heterocycles. The van der Waals surface area contributed by atoms with Crippen LogP contribution in [0.25, 0.3) is 0 Å². The first kappa shape index (κ1) is 29.5. The van der Waals surface area contributed by atoms with Gasteiger partial charge in [0.1, 0.15) is 17.7 Å². The van der Waals surface area contributed by atoms with Crippen LogP contribution in [-0.2, 0) is 27.2 Å². The summed E-state index contributed by atoms with van der Waals surface area (Å²) in [6.45, 7) is 9.70. The van der Waals surface area contributed by atoms with Gasteiger partial charge in [-0.25, -0.2) is 9.59 Å². The van der Waals surface area contributed by atoms with Gasteiger partial charge in [0, 0.05) is 17.8 Å². The molecule has 1 unspecified atom stereocenters. The molecule has 0 aliphatic heterocycles. The summed E-state index contributed by atoms with van der Waals surface area (Å²) in [5.74, 6) is -0.731. The fourth-order valence-electron chi connectivity index (χ4n) is 4.57. The third-order valence-corrected chi connectivity index (χ3v) is 7.35. The van der Waals surface area contributed by atoms with Crippen molar-refractivity contribution in [2.45, 2.75) is 97.4 Å². The van der Waals surface area contributed by atoms with E-state index in [1.807, 2.05) is 58.9 Å². The summed E-state index contributed by atoms with van der Waals surface area (Å²) in [4.78, 5) is 40.7. The minimum absolute atomic E-state index is 0.0849. The predicted octanol–water partition coefficient (Wildman–Crippen LogP) is 5.66. The van der Waals surface area contributed by atoms with E-state index in [9.17, 15) is 14.4 Å². The molecule has 9 heteroatoms. The lowest BCUT2D eigenvalue weighted by molar-refractivity contribution is -0.156. The zero-order chi connectivity index (χ0) is 28.0. The second-order valence-corrected chi connectivity index (χ2v) is 12.6. The Hall–Kier alpha value is -3.07. The maximum atomic E-state index is 13.4. The molecule has 1 fully saturated rings. The fraction of sp³-hybridized carbons (Fsp3) is 0.552. The second-order valence-electron chi connectivity index (χ2n) is 11.4. The van der Waals surface area contributed by atoms with E-state index in [-0.39, 0.29) is 24.5 Å². The minimum Gasteiger partial charge on any atom is -0.461 e.